The van der Waals surface area contributed by atoms with E-state index in [1.165, 1.54) is 6.42 Å². The molecule has 3 aromatic rings. The zero-order valence-corrected chi connectivity index (χ0v) is 21.4. The van der Waals surface area contributed by atoms with Crippen LogP contribution < -0.4 is 10.2 Å². The maximum atomic E-state index is 16.2. The minimum atomic E-state index is -0.396. The Balaban J connectivity index is 1.71. The van der Waals surface area contributed by atoms with E-state index in [-0.39, 0.29) is 0 Å². The Morgan fingerprint density at radius 1 is 1.20 bits per heavy atom. The van der Waals surface area contributed by atoms with E-state index in [0.717, 1.165) is 79.9 Å². The molecule has 1 unspecified atom stereocenters. The van der Waals surface area contributed by atoms with Gasteiger partial charge in [-0.15, -0.1) is 0 Å². The van der Waals surface area contributed by atoms with E-state index in [2.05, 4.69) is 26.8 Å². The molecule has 35 heavy (non-hydrogen) atoms. The van der Waals surface area contributed by atoms with Crippen LogP contribution in [-0.4, -0.2) is 34.6 Å². The van der Waals surface area contributed by atoms with Gasteiger partial charge in [0.2, 0.25) is 0 Å². The SMILES string of the molecule is C=C1CCCc2c(Cl)cc(C)cc2-c2ncc3c(nc(CC)nc3c2F)N2CCCC(CCN1)C2. The molecule has 5 heterocycles. The van der Waals surface area contributed by atoms with Gasteiger partial charge in [-0.1, -0.05) is 25.1 Å². The predicted octanol–water partition coefficient (Wildman–Crippen LogP) is 6.40. The van der Waals surface area contributed by atoms with Gasteiger partial charge in [0.1, 0.15) is 22.9 Å². The van der Waals surface area contributed by atoms with Gasteiger partial charge >= 0.3 is 0 Å². The van der Waals surface area contributed by atoms with Gasteiger partial charge in [0.15, 0.2) is 5.82 Å². The normalized spacial score (nSPS) is 19.0. The molecule has 1 saturated heterocycles. The number of nitrogens with zero attached hydrogens (tertiary/aromatic N) is 4. The summed E-state index contributed by atoms with van der Waals surface area (Å²) < 4.78 is 16.2. The average molecular weight is 494 g/mol. The van der Waals surface area contributed by atoms with E-state index in [1.807, 2.05) is 26.0 Å². The summed E-state index contributed by atoms with van der Waals surface area (Å²) >= 11 is 6.70. The van der Waals surface area contributed by atoms with Crippen LogP contribution in [0.2, 0.25) is 5.02 Å². The summed E-state index contributed by atoms with van der Waals surface area (Å²) in [6, 6.07) is 3.93. The number of pyridine rings is 1. The molecule has 3 aliphatic rings. The number of halogens is 2. The fourth-order valence-corrected chi connectivity index (χ4v) is 5.79. The van der Waals surface area contributed by atoms with Gasteiger partial charge in [0.25, 0.3) is 0 Å². The van der Waals surface area contributed by atoms with Crippen molar-refractivity contribution in [2.24, 2.45) is 5.92 Å². The van der Waals surface area contributed by atoms with Crippen LogP contribution in [0.1, 0.15) is 56.0 Å². The molecule has 1 fully saturated rings. The summed E-state index contributed by atoms with van der Waals surface area (Å²) in [4.78, 5) is 16.5. The highest BCUT2D eigenvalue weighted by Gasteiger charge is 2.26. The Hall–Kier alpha value is -2.73. The van der Waals surface area contributed by atoms with Crippen molar-refractivity contribution in [3.05, 3.63) is 58.4 Å². The lowest BCUT2D eigenvalue weighted by Crippen LogP contribution is -2.37. The lowest BCUT2D eigenvalue weighted by Gasteiger charge is -2.34. The quantitative estimate of drug-likeness (QED) is 0.425. The predicted molar refractivity (Wildman–Crippen MR) is 141 cm³/mol. The second-order valence-electron chi connectivity index (χ2n) is 9.90. The minimum Gasteiger partial charge on any atom is -0.389 e. The minimum absolute atomic E-state index is 0.308. The van der Waals surface area contributed by atoms with Crippen molar-refractivity contribution in [3.8, 4) is 11.3 Å². The molecule has 0 amide bonds. The van der Waals surface area contributed by atoms with Crippen LogP contribution in [0, 0.1) is 18.7 Å². The third kappa shape index (κ3) is 4.86. The fraction of sp³-hybridized carbons (Fsp3) is 0.464. The van der Waals surface area contributed by atoms with Crippen molar-refractivity contribution in [2.45, 2.75) is 58.8 Å². The van der Waals surface area contributed by atoms with Crippen molar-refractivity contribution in [1.29, 1.82) is 0 Å². The van der Waals surface area contributed by atoms with E-state index in [1.54, 1.807) is 6.20 Å². The van der Waals surface area contributed by atoms with E-state index in [4.69, 9.17) is 16.6 Å². The van der Waals surface area contributed by atoms with Crippen LogP contribution in [0.25, 0.3) is 22.2 Å². The van der Waals surface area contributed by atoms with Crippen LogP contribution in [0.3, 0.4) is 0 Å². The molecule has 0 spiro atoms. The molecule has 2 aromatic heterocycles. The Morgan fingerprint density at radius 2 is 2.06 bits per heavy atom. The molecule has 5 nitrogen and oxygen atoms in total. The number of benzene rings is 1. The van der Waals surface area contributed by atoms with Crippen LogP contribution in [-0.2, 0) is 12.8 Å². The van der Waals surface area contributed by atoms with Gasteiger partial charge in [-0.2, -0.15) is 0 Å². The van der Waals surface area contributed by atoms with Crippen molar-refractivity contribution in [3.63, 3.8) is 0 Å². The summed E-state index contributed by atoms with van der Waals surface area (Å²) in [5.41, 5.74) is 4.34. The van der Waals surface area contributed by atoms with Gasteiger partial charge in [0.05, 0.1) is 5.39 Å². The molecule has 3 aliphatic heterocycles. The second kappa shape index (κ2) is 10.1. The van der Waals surface area contributed by atoms with Crippen LogP contribution in [0.4, 0.5) is 10.2 Å². The average Bonchev–Trinajstić information content (AvgIpc) is 2.84. The van der Waals surface area contributed by atoms with Crippen LogP contribution in [0.5, 0.6) is 0 Å². The molecular weight excluding hydrogens is 461 g/mol. The largest absolute Gasteiger partial charge is 0.389 e. The van der Waals surface area contributed by atoms with Gasteiger partial charge in [-0.3, -0.25) is 4.98 Å². The highest BCUT2D eigenvalue weighted by molar-refractivity contribution is 6.31. The molecule has 1 aromatic carbocycles. The summed E-state index contributed by atoms with van der Waals surface area (Å²) in [5, 5.41) is 4.85. The third-order valence-corrected chi connectivity index (χ3v) is 7.61. The maximum Gasteiger partial charge on any atom is 0.175 e. The van der Waals surface area contributed by atoms with Crippen molar-refractivity contribution >= 4 is 28.3 Å². The second-order valence-corrected chi connectivity index (χ2v) is 10.3. The number of hydrogen-bond acceptors (Lipinski definition) is 5. The first kappa shape index (κ1) is 24.0. The van der Waals surface area contributed by atoms with Crippen LogP contribution in [0.15, 0.2) is 30.6 Å². The number of aromatic nitrogens is 3. The number of nitrogens with one attached hydrogen (secondary N) is 1. The van der Waals surface area contributed by atoms with Crippen LogP contribution >= 0.6 is 11.6 Å². The Labute approximate surface area is 211 Å². The molecule has 0 radical (unpaired) electrons. The summed E-state index contributed by atoms with van der Waals surface area (Å²) in [5.74, 6) is 1.62. The van der Waals surface area contributed by atoms with Gasteiger partial charge in [-0.25, -0.2) is 14.4 Å². The smallest absolute Gasteiger partial charge is 0.175 e. The lowest BCUT2D eigenvalue weighted by molar-refractivity contribution is 0.386. The van der Waals surface area contributed by atoms with E-state index >= 15 is 4.39 Å². The third-order valence-electron chi connectivity index (χ3n) is 7.27. The zero-order valence-electron chi connectivity index (χ0n) is 20.6. The monoisotopic (exact) mass is 493 g/mol. The summed E-state index contributed by atoms with van der Waals surface area (Å²) in [6.45, 7) is 10.9. The molecule has 6 rings (SSSR count). The molecular formula is C28H33ClFN5. The number of hydrogen-bond donors (Lipinski definition) is 1. The molecule has 184 valence electrons. The first-order chi connectivity index (χ1) is 16.9. The Bertz CT molecular complexity index is 1270. The van der Waals surface area contributed by atoms with E-state index in [9.17, 15) is 0 Å². The molecule has 0 aliphatic carbocycles. The van der Waals surface area contributed by atoms with Gasteiger partial charge in [0, 0.05) is 48.5 Å². The first-order valence-corrected chi connectivity index (χ1v) is 13.1. The number of aryl methyl sites for hydroxylation is 2. The fourth-order valence-electron chi connectivity index (χ4n) is 5.42. The number of fused-ring (bicyclic) bond motifs is 7. The van der Waals surface area contributed by atoms with E-state index in [0.29, 0.717) is 39.8 Å². The molecule has 6 bridgehead atoms. The molecule has 7 heteroatoms. The highest BCUT2D eigenvalue weighted by Crippen LogP contribution is 2.37. The lowest BCUT2D eigenvalue weighted by atomic mass is 9.94. The Morgan fingerprint density at radius 3 is 2.89 bits per heavy atom. The summed E-state index contributed by atoms with van der Waals surface area (Å²) in [7, 11) is 0. The van der Waals surface area contributed by atoms with E-state index < -0.39 is 5.82 Å². The first-order valence-electron chi connectivity index (χ1n) is 12.8. The van der Waals surface area contributed by atoms with Crippen molar-refractivity contribution in [2.75, 3.05) is 24.5 Å². The zero-order chi connectivity index (χ0) is 24.5. The topological polar surface area (TPSA) is 53.9 Å². The standard InChI is InChI=1S/C28H33ClFN5/c1-4-24-33-27-22-15-32-26(25(27)30)21-13-17(2)14-23(29)20(21)9-5-7-18(3)31-11-10-19-8-6-12-35(16-19)28(22)34-24/h13-15,19,31H,3-12,16H2,1-2H3. The number of rotatable bonds is 1. The van der Waals surface area contributed by atoms with Gasteiger partial charge < -0.3 is 10.2 Å². The molecule has 0 saturated carbocycles. The Kier molecular flexibility index (Phi) is 6.92. The van der Waals surface area contributed by atoms with Gasteiger partial charge in [-0.05, 0) is 74.6 Å². The highest BCUT2D eigenvalue weighted by atomic mass is 35.5. The number of anilines is 1. The van der Waals surface area contributed by atoms with Crippen molar-refractivity contribution in [1.82, 2.24) is 20.3 Å². The molecule has 1 N–H and O–H groups in total. The summed E-state index contributed by atoms with van der Waals surface area (Å²) in [6.07, 6.45) is 8.21. The van der Waals surface area contributed by atoms with Crippen molar-refractivity contribution < 1.29 is 4.39 Å². The number of piperidine rings is 1. The number of allylic oxidation sites excluding steroid dienone is 1. The maximum absolute atomic E-state index is 16.2. The molecule has 1 atom stereocenters.